The van der Waals surface area contributed by atoms with Gasteiger partial charge in [-0.3, -0.25) is 4.72 Å². The maximum Gasteiger partial charge on any atom is 0.237 e. The average Bonchev–Trinajstić information content (AvgIpc) is 3.05. The Kier molecular flexibility index (Phi) is 9.80. The zero-order valence-electron chi connectivity index (χ0n) is 27.9. The highest BCUT2D eigenvalue weighted by Gasteiger charge is 2.31. The van der Waals surface area contributed by atoms with E-state index in [4.69, 9.17) is 29.4 Å². The molecule has 2 aromatic carbocycles. The number of rotatable bonds is 6. The summed E-state index contributed by atoms with van der Waals surface area (Å²) in [5.41, 5.74) is 6.63. The van der Waals surface area contributed by atoms with Crippen molar-refractivity contribution in [3.05, 3.63) is 83.4 Å². The van der Waals surface area contributed by atoms with E-state index in [9.17, 15) is 0 Å². The Bertz CT molecular complexity index is 1630. The van der Waals surface area contributed by atoms with Gasteiger partial charge in [-0.05, 0) is 65.8 Å². The number of ether oxygens (including phenoxy) is 2. The van der Waals surface area contributed by atoms with E-state index >= 15 is 0 Å². The standard InChI is InChI=1S/C37H46N6O2S/c1-24(2)30-12-7-8-13-31(30)34-25(3)35-41-36(40-34)42-46-29-11-9-10-26(18-29)32(27(23-45-35)20-37(4,5)6)19-33-38-21-28(22-39-33)43-14-16-44-17-15-43/h7-13,18,21-22,24,27,32H,14-17,19-20,23H2,1-6H3,(H,40,41,42). The molecule has 4 aromatic rings. The van der Waals surface area contributed by atoms with Crippen molar-refractivity contribution in [3.8, 4) is 17.1 Å². The van der Waals surface area contributed by atoms with Crippen LogP contribution < -0.4 is 14.4 Å². The topological polar surface area (TPSA) is 85.3 Å². The fourth-order valence-electron chi connectivity index (χ4n) is 6.56. The Morgan fingerprint density at radius 1 is 1.00 bits per heavy atom. The number of anilines is 2. The summed E-state index contributed by atoms with van der Waals surface area (Å²) in [5, 5.41) is 0. The molecule has 0 amide bonds. The Morgan fingerprint density at radius 2 is 1.76 bits per heavy atom. The number of hydrogen-bond acceptors (Lipinski definition) is 9. The van der Waals surface area contributed by atoms with Gasteiger partial charge in [0.15, 0.2) is 0 Å². The minimum Gasteiger partial charge on any atom is -0.477 e. The quantitative estimate of drug-likeness (QED) is 0.211. The predicted molar refractivity (Wildman–Crippen MR) is 187 cm³/mol. The zero-order chi connectivity index (χ0) is 32.3. The molecule has 46 heavy (non-hydrogen) atoms. The molecule has 2 aliphatic rings. The lowest BCUT2D eigenvalue weighted by Gasteiger charge is -2.33. The molecule has 0 aliphatic carbocycles. The number of benzene rings is 2. The molecule has 2 unspecified atom stereocenters. The lowest BCUT2D eigenvalue weighted by molar-refractivity contribution is 0.122. The van der Waals surface area contributed by atoms with Crippen LogP contribution in [0.2, 0.25) is 0 Å². The third-order valence-corrected chi connectivity index (χ3v) is 9.61. The Labute approximate surface area is 277 Å². The summed E-state index contributed by atoms with van der Waals surface area (Å²) < 4.78 is 15.7. The number of nitrogens with zero attached hydrogens (tertiary/aromatic N) is 5. The molecule has 4 bridgehead atoms. The molecule has 242 valence electrons. The minimum atomic E-state index is 0.0888. The SMILES string of the molecule is Cc1c2nc(nc1-c1ccccc1C(C)C)NSc1cccc(c1)C(Cc1ncc(N3CCOCC3)cn1)C(CC(C)(C)C)CO2. The Morgan fingerprint density at radius 3 is 2.50 bits per heavy atom. The molecule has 0 radical (unpaired) electrons. The van der Waals surface area contributed by atoms with Crippen molar-refractivity contribution in [1.29, 1.82) is 0 Å². The van der Waals surface area contributed by atoms with Crippen molar-refractivity contribution in [2.45, 2.75) is 71.1 Å². The fraction of sp³-hybridized carbons (Fsp3) is 0.459. The van der Waals surface area contributed by atoms with Crippen molar-refractivity contribution in [1.82, 2.24) is 19.9 Å². The van der Waals surface area contributed by atoms with Gasteiger partial charge in [0.05, 0.1) is 43.6 Å². The molecule has 0 saturated carbocycles. The van der Waals surface area contributed by atoms with Gasteiger partial charge in [0.1, 0.15) is 5.82 Å². The Hall–Kier alpha value is -3.69. The average molecular weight is 639 g/mol. The summed E-state index contributed by atoms with van der Waals surface area (Å²) in [4.78, 5) is 23.1. The monoisotopic (exact) mass is 638 g/mol. The van der Waals surface area contributed by atoms with Crippen LogP contribution in [0.15, 0.2) is 65.8 Å². The molecule has 1 N–H and O–H groups in total. The van der Waals surface area contributed by atoms with Gasteiger partial charge in [-0.15, -0.1) is 0 Å². The molecular formula is C37H46N6O2S. The van der Waals surface area contributed by atoms with Gasteiger partial charge in [-0.25, -0.2) is 15.0 Å². The maximum atomic E-state index is 6.75. The van der Waals surface area contributed by atoms with Gasteiger partial charge in [-0.1, -0.05) is 71.0 Å². The van der Waals surface area contributed by atoms with Crippen LogP contribution in [0.1, 0.15) is 75.4 Å². The third-order valence-electron chi connectivity index (χ3n) is 8.83. The first kappa shape index (κ1) is 32.3. The summed E-state index contributed by atoms with van der Waals surface area (Å²) in [7, 11) is 0. The molecule has 6 rings (SSSR count). The van der Waals surface area contributed by atoms with Gasteiger partial charge in [-0.2, -0.15) is 4.98 Å². The normalized spacial score (nSPS) is 18.7. The highest BCUT2D eigenvalue weighted by Crippen LogP contribution is 2.40. The molecule has 2 aromatic heterocycles. The van der Waals surface area contributed by atoms with E-state index in [1.54, 1.807) is 0 Å². The van der Waals surface area contributed by atoms with Gasteiger partial charge in [0, 0.05) is 41.5 Å². The molecule has 1 saturated heterocycles. The molecule has 2 atom stereocenters. The summed E-state index contributed by atoms with van der Waals surface area (Å²) >= 11 is 1.53. The second-order valence-electron chi connectivity index (χ2n) is 13.9. The fourth-order valence-corrected chi connectivity index (χ4v) is 7.20. The summed E-state index contributed by atoms with van der Waals surface area (Å²) in [6.45, 7) is 17.2. The predicted octanol–water partition coefficient (Wildman–Crippen LogP) is 8.09. The number of morpholine rings is 1. The molecule has 8 nitrogen and oxygen atoms in total. The highest BCUT2D eigenvalue weighted by molar-refractivity contribution is 8.00. The van der Waals surface area contributed by atoms with Crippen LogP contribution in [-0.2, 0) is 11.2 Å². The lowest BCUT2D eigenvalue weighted by atomic mass is 9.75. The van der Waals surface area contributed by atoms with Crippen molar-refractivity contribution < 1.29 is 9.47 Å². The van der Waals surface area contributed by atoms with Crippen LogP contribution in [0, 0.1) is 18.3 Å². The van der Waals surface area contributed by atoms with Gasteiger partial charge in [0.25, 0.3) is 0 Å². The lowest BCUT2D eigenvalue weighted by Crippen LogP contribution is -2.36. The largest absolute Gasteiger partial charge is 0.477 e. The van der Waals surface area contributed by atoms with Crippen molar-refractivity contribution in [3.63, 3.8) is 0 Å². The van der Waals surface area contributed by atoms with E-state index in [1.807, 2.05) is 12.4 Å². The van der Waals surface area contributed by atoms with Crippen molar-refractivity contribution in [2.75, 3.05) is 42.5 Å². The summed E-state index contributed by atoms with van der Waals surface area (Å²) in [5.74, 6) is 2.71. The zero-order valence-corrected chi connectivity index (χ0v) is 28.7. The summed E-state index contributed by atoms with van der Waals surface area (Å²) in [6.07, 6.45) is 5.63. The van der Waals surface area contributed by atoms with Crippen molar-refractivity contribution in [2.24, 2.45) is 11.3 Å². The van der Waals surface area contributed by atoms with E-state index in [0.29, 0.717) is 24.4 Å². The first-order valence-corrected chi connectivity index (χ1v) is 17.2. The van der Waals surface area contributed by atoms with E-state index < -0.39 is 0 Å². The van der Waals surface area contributed by atoms with Crippen molar-refractivity contribution >= 4 is 23.6 Å². The number of fused-ring (bicyclic) bond motifs is 4. The number of aromatic nitrogens is 4. The second-order valence-corrected chi connectivity index (χ2v) is 14.8. The van der Waals surface area contributed by atoms with Crippen LogP contribution in [0.5, 0.6) is 5.88 Å². The maximum absolute atomic E-state index is 6.75. The molecule has 0 spiro atoms. The van der Waals surface area contributed by atoms with Gasteiger partial charge >= 0.3 is 0 Å². The molecule has 1 fully saturated rings. The molecular weight excluding hydrogens is 593 g/mol. The molecule has 2 aliphatic heterocycles. The smallest absolute Gasteiger partial charge is 0.237 e. The third kappa shape index (κ3) is 7.64. The van der Waals surface area contributed by atoms with E-state index in [1.165, 1.54) is 23.1 Å². The minimum absolute atomic E-state index is 0.0888. The van der Waals surface area contributed by atoms with E-state index in [-0.39, 0.29) is 17.3 Å². The molecule has 4 heterocycles. The van der Waals surface area contributed by atoms with Gasteiger partial charge in [0.2, 0.25) is 11.8 Å². The summed E-state index contributed by atoms with van der Waals surface area (Å²) in [6, 6.07) is 17.3. The van der Waals surface area contributed by atoms with E-state index in [0.717, 1.165) is 72.4 Å². The van der Waals surface area contributed by atoms with Crippen LogP contribution in [-0.4, -0.2) is 52.8 Å². The highest BCUT2D eigenvalue weighted by atomic mass is 32.2. The van der Waals surface area contributed by atoms with Crippen LogP contribution >= 0.6 is 11.9 Å². The van der Waals surface area contributed by atoms with Crippen LogP contribution in [0.25, 0.3) is 11.3 Å². The second kappa shape index (κ2) is 14.0. The number of nitrogens with one attached hydrogen (secondary N) is 1. The van der Waals surface area contributed by atoms with Crippen LogP contribution in [0.4, 0.5) is 11.6 Å². The van der Waals surface area contributed by atoms with E-state index in [2.05, 4.69) is 99.7 Å². The first-order valence-electron chi connectivity index (χ1n) is 16.4. The first-order chi connectivity index (χ1) is 22.1. The molecule has 9 heteroatoms. The Balaban J connectivity index is 1.38. The van der Waals surface area contributed by atoms with Crippen LogP contribution in [0.3, 0.4) is 0 Å². The number of hydrogen-bond donors (Lipinski definition) is 1. The van der Waals surface area contributed by atoms with Gasteiger partial charge < -0.3 is 14.4 Å².